The zero-order valence-corrected chi connectivity index (χ0v) is 10.9. The van der Waals surface area contributed by atoms with Gasteiger partial charge in [0.25, 0.3) is 0 Å². The molecule has 0 aromatic rings. The molecule has 0 aromatic carbocycles. The van der Waals surface area contributed by atoms with E-state index in [1.807, 2.05) is 27.7 Å². The zero-order valence-electron chi connectivity index (χ0n) is 9.51. The van der Waals surface area contributed by atoms with Crippen LogP contribution >= 0.6 is 0 Å². The minimum absolute atomic E-state index is 0. The third-order valence-corrected chi connectivity index (χ3v) is 1.96. The van der Waals surface area contributed by atoms with Crippen LogP contribution in [0.1, 0.15) is 40.5 Å². The smallest absolute Gasteiger partial charge is 0.854 e. The maximum atomic E-state index is 9.86. The summed E-state index contributed by atoms with van der Waals surface area (Å²) in [6, 6.07) is 0. The molecule has 0 fully saturated rings. The zero-order chi connectivity index (χ0) is 9.98. The van der Waals surface area contributed by atoms with Crippen LogP contribution in [0.3, 0.4) is 0 Å². The van der Waals surface area contributed by atoms with E-state index in [1.165, 1.54) is 0 Å². The average Bonchev–Trinajstić information content (AvgIpc) is 2.16. The van der Waals surface area contributed by atoms with Crippen molar-refractivity contribution in [3.05, 3.63) is 0 Å². The fraction of sp³-hybridized carbons (Fsp3) is 1.00. The van der Waals surface area contributed by atoms with Crippen LogP contribution in [0.2, 0.25) is 0 Å². The summed E-state index contributed by atoms with van der Waals surface area (Å²) in [5.41, 5.74) is 0. The number of hydrogen-bond acceptors (Lipinski definition) is 2. The van der Waals surface area contributed by atoms with Crippen molar-refractivity contribution in [3.63, 3.8) is 0 Å². The molecular formula is C10H22MgO2. The van der Waals surface area contributed by atoms with Gasteiger partial charge in [-0.05, 0) is 0 Å². The van der Waals surface area contributed by atoms with Gasteiger partial charge >= 0.3 is 23.1 Å². The van der Waals surface area contributed by atoms with Crippen LogP contribution in [-0.4, -0.2) is 36.3 Å². The topological polar surface area (TPSA) is 46.1 Å². The molecule has 2 nitrogen and oxygen atoms in total. The summed E-state index contributed by atoms with van der Waals surface area (Å²) in [4.78, 5) is 0. The van der Waals surface area contributed by atoms with Crippen molar-refractivity contribution in [2.75, 3.05) is 13.2 Å². The van der Waals surface area contributed by atoms with E-state index < -0.39 is 0 Å². The van der Waals surface area contributed by atoms with Crippen LogP contribution in [0.5, 0.6) is 0 Å². The van der Waals surface area contributed by atoms with E-state index in [-0.39, 0.29) is 36.3 Å². The van der Waals surface area contributed by atoms with Gasteiger partial charge in [0.15, 0.2) is 0 Å². The van der Waals surface area contributed by atoms with Crippen LogP contribution in [0.4, 0.5) is 0 Å². The van der Waals surface area contributed by atoms with Gasteiger partial charge in [0.05, 0.1) is 0 Å². The number of hydrogen-bond donors (Lipinski definition) is 0. The fourth-order valence-electron chi connectivity index (χ4n) is 0.236. The van der Waals surface area contributed by atoms with Crippen molar-refractivity contribution < 1.29 is 10.2 Å². The van der Waals surface area contributed by atoms with Crippen LogP contribution in [0.25, 0.3) is 0 Å². The van der Waals surface area contributed by atoms with Crippen molar-refractivity contribution in [2.45, 2.75) is 40.5 Å². The Bertz CT molecular complexity index is 61.3. The first kappa shape index (κ1) is 19.3. The first-order valence-electron chi connectivity index (χ1n) is 4.78. The van der Waals surface area contributed by atoms with E-state index in [9.17, 15) is 10.2 Å². The fourth-order valence-corrected chi connectivity index (χ4v) is 0.236. The van der Waals surface area contributed by atoms with E-state index in [2.05, 4.69) is 0 Å². The van der Waals surface area contributed by atoms with Crippen LogP contribution in [0.15, 0.2) is 0 Å². The minimum Gasteiger partial charge on any atom is -0.854 e. The SMILES string of the molecule is CCC(C)C[O-].CCC(C)C[O-].[Mg+2]. The second-order valence-corrected chi connectivity index (χ2v) is 3.36. The molecule has 0 saturated carbocycles. The number of rotatable bonds is 4. The average molecular weight is 199 g/mol. The van der Waals surface area contributed by atoms with Crippen molar-refractivity contribution in [2.24, 2.45) is 11.8 Å². The van der Waals surface area contributed by atoms with Gasteiger partial charge in [-0.2, -0.15) is 0 Å². The molecule has 0 heterocycles. The summed E-state index contributed by atoms with van der Waals surface area (Å²) in [6.45, 7) is 8.15. The second-order valence-electron chi connectivity index (χ2n) is 3.36. The van der Waals surface area contributed by atoms with Crippen LogP contribution < -0.4 is 10.2 Å². The molecule has 0 aliphatic carbocycles. The van der Waals surface area contributed by atoms with Gasteiger partial charge in [0, 0.05) is 0 Å². The quantitative estimate of drug-likeness (QED) is 0.614. The Morgan fingerprint density at radius 3 is 1.08 bits per heavy atom. The molecule has 2 atom stereocenters. The van der Waals surface area contributed by atoms with Crippen LogP contribution in [-0.2, 0) is 0 Å². The van der Waals surface area contributed by atoms with E-state index in [1.54, 1.807) is 0 Å². The van der Waals surface area contributed by atoms with Crippen LogP contribution in [0, 0.1) is 11.8 Å². The molecule has 13 heavy (non-hydrogen) atoms. The van der Waals surface area contributed by atoms with Crippen molar-refractivity contribution in [3.8, 4) is 0 Å². The summed E-state index contributed by atoms with van der Waals surface area (Å²) in [7, 11) is 0. The van der Waals surface area contributed by atoms with Gasteiger partial charge in [-0.25, -0.2) is 0 Å². The normalized spacial score (nSPS) is 13.4. The minimum atomic E-state index is 0. The van der Waals surface area contributed by atoms with Gasteiger partial charge in [-0.3, -0.25) is 0 Å². The molecule has 0 aliphatic rings. The molecular weight excluding hydrogens is 176 g/mol. The molecule has 0 rings (SSSR count). The maximum Gasteiger partial charge on any atom is 2.00 e. The van der Waals surface area contributed by atoms with Gasteiger partial charge in [0.2, 0.25) is 0 Å². The van der Waals surface area contributed by atoms with Gasteiger partial charge in [-0.1, -0.05) is 52.4 Å². The standard InChI is InChI=1S/2C5H11O.Mg/c2*1-3-5(2)4-6;/h2*5H,3-4H2,1-2H3;/q2*-1;+2. The molecule has 76 valence electrons. The first-order chi connectivity index (χ1) is 5.62. The molecule has 2 unspecified atom stereocenters. The molecule has 0 saturated heterocycles. The predicted molar refractivity (Wildman–Crippen MR) is 54.4 cm³/mol. The summed E-state index contributed by atoms with van der Waals surface area (Å²) < 4.78 is 0. The van der Waals surface area contributed by atoms with Gasteiger partial charge < -0.3 is 10.2 Å². The Kier molecular flexibility index (Phi) is 22.5. The Labute approximate surface area is 98.9 Å². The molecule has 0 bridgehead atoms. The molecule has 0 amide bonds. The summed E-state index contributed by atoms with van der Waals surface area (Å²) in [5, 5.41) is 19.7. The third-order valence-electron chi connectivity index (χ3n) is 1.96. The maximum absolute atomic E-state index is 9.86. The van der Waals surface area contributed by atoms with Gasteiger partial charge in [-0.15, -0.1) is 13.2 Å². The predicted octanol–water partition coefficient (Wildman–Crippen LogP) is 0.405. The van der Waals surface area contributed by atoms with E-state index >= 15 is 0 Å². The molecule has 0 aliphatic heterocycles. The van der Waals surface area contributed by atoms with Crippen molar-refractivity contribution in [1.82, 2.24) is 0 Å². The molecule has 0 radical (unpaired) electrons. The van der Waals surface area contributed by atoms with E-state index in [4.69, 9.17) is 0 Å². The van der Waals surface area contributed by atoms with Gasteiger partial charge in [0.1, 0.15) is 0 Å². The molecule has 0 spiro atoms. The molecule has 0 aromatic heterocycles. The Hall–Kier alpha value is 0.686. The summed E-state index contributed by atoms with van der Waals surface area (Å²) >= 11 is 0. The molecule has 3 heteroatoms. The first-order valence-corrected chi connectivity index (χ1v) is 4.78. The van der Waals surface area contributed by atoms with Crippen molar-refractivity contribution in [1.29, 1.82) is 0 Å². The Morgan fingerprint density at radius 1 is 0.846 bits per heavy atom. The second kappa shape index (κ2) is 15.2. The van der Waals surface area contributed by atoms with E-state index in [0.717, 1.165) is 12.8 Å². The summed E-state index contributed by atoms with van der Waals surface area (Å²) in [5.74, 6) is 0.759. The van der Waals surface area contributed by atoms with Crippen molar-refractivity contribution >= 4 is 23.1 Å². The monoisotopic (exact) mass is 198 g/mol. The Balaban J connectivity index is -0.000000143. The Morgan fingerprint density at radius 2 is 1.08 bits per heavy atom. The summed E-state index contributed by atoms with van der Waals surface area (Å²) in [6.07, 6.45) is 2.03. The van der Waals surface area contributed by atoms with E-state index in [0.29, 0.717) is 11.8 Å². The largest absolute Gasteiger partial charge is 2.00 e. The third kappa shape index (κ3) is 19.2. The molecule has 0 N–H and O–H groups in total.